The quantitative estimate of drug-likeness (QED) is 0.513. The number of carbonyl (C=O) groups is 2. The molecular formula is C21H17NO2S. The zero-order chi connectivity index (χ0) is 17.5. The standard InChI is InChI=1S/C21H17NO2S/c23-20(17-5-2-1-3-6-17)13-10-16-8-11-18(12-9-16)22-21(24)15-19-7-4-14-25-19/h1-14H,15H2,(H,22,24). The first-order chi connectivity index (χ1) is 12.2. The third-order valence-electron chi connectivity index (χ3n) is 3.59. The summed E-state index contributed by atoms with van der Waals surface area (Å²) in [5.74, 6) is -0.0704. The van der Waals surface area contributed by atoms with Crippen LogP contribution in [0.15, 0.2) is 78.2 Å². The Morgan fingerprint density at radius 3 is 2.36 bits per heavy atom. The number of hydrogen-bond acceptors (Lipinski definition) is 3. The molecule has 0 saturated carbocycles. The van der Waals surface area contributed by atoms with Crippen LogP contribution in [0.1, 0.15) is 20.8 Å². The smallest absolute Gasteiger partial charge is 0.229 e. The molecule has 0 bridgehead atoms. The van der Waals surface area contributed by atoms with Crippen LogP contribution in [0.4, 0.5) is 5.69 Å². The topological polar surface area (TPSA) is 46.2 Å². The fourth-order valence-electron chi connectivity index (χ4n) is 2.32. The van der Waals surface area contributed by atoms with Crippen LogP contribution in [-0.4, -0.2) is 11.7 Å². The highest BCUT2D eigenvalue weighted by atomic mass is 32.1. The molecule has 25 heavy (non-hydrogen) atoms. The van der Waals surface area contributed by atoms with Crippen molar-refractivity contribution in [1.29, 1.82) is 0 Å². The summed E-state index contributed by atoms with van der Waals surface area (Å²) in [6.45, 7) is 0. The highest BCUT2D eigenvalue weighted by Gasteiger charge is 2.05. The lowest BCUT2D eigenvalue weighted by Gasteiger charge is -2.04. The van der Waals surface area contributed by atoms with Crippen molar-refractivity contribution in [3.05, 3.63) is 94.2 Å². The minimum absolute atomic E-state index is 0.0334. The second kappa shape index (κ2) is 8.22. The maximum Gasteiger partial charge on any atom is 0.229 e. The second-order valence-electron chi connectivity index (χ2n) is 5.49. The summed E-state index contributed by atoms with van der Waals surface area (Å²) in [7, 11) is 0. The number of ketones is 1. The molecule has 3 nitrogen and oxygen atoms in total. The van der Waals surface area contributed by atoms with Gasteiger partial charge in [-0.3, -0.25) is 9.59 Å². The number of anilines is 1. The SMILES string of the molecule is O=C(Cc1cccs1)Nc1ccc(C=CC(=O)c2ccccc2)cc1. The zero-order valence-electron chi connectivity index (χ0n) is 13.5. The first-order valence-electron chi connectivity index (χ1n) is 7.90. The Morgan fingerprint density at radius 1 is 0.920 bits per heavy atom. The first kappa shape index (κ1) is 16.9. The van der Waals surface area contributed by atoms with Crippen LogP contribution in [0.5, 0.6) is 0 Å². The van der Waals surface area contributed by atoms with Crippen LogP contribution in [-0.2, 0) is 11.2 Å². The summed E-state index contributed by atoms with van der Waals surface area (Å²) in [4.78, 5) is 25.1. The monoisotopic (exact) mass is 347 g/mol. The van der Waals surface area contributed by atoms with Gasteiger partial charge >= 0.3 is 0 Å². The number of hydrogen-bond donors (Lipinski definition) is 1. The second-order valence-corrected chi connectivity index (χ2v) is 6.52. The van der Waals surface area contributed by atoms with Crippen LogP contribution in [0.25, 0.3) is 6.08 Å². The molecule has 0 fully saturated rings. The van der Waals surface area contributed by atoms with Gasteiger partial charge in [-0.25, -0.2) is 0 Å². The van der Waals surface area contributed by atoms with Gasteiger partial charge in [0.25, 0.3) is 0 Å². The molecule has 0 aliphatic heterocycles. The molecule has 3 aromatic rings. The van der Waals surface area contributed by atoms with E-state index in [0.29, 0.717) is 12.0 Å². The van der Waals surface area contributed by atoms with Crippen LogP contribution in [0.3, 0.4) is 0 Å². The molecule has 1 heterocycles. The molecule has 1 amide bonds. The van der Waals surface area contributed by atoms with Crippen LogP contribution >= 0.6 is 11.3 Å². The van der Waals surface area contributed by atoms with Crippen molar-refractivity contribution in [2.45, 2.75) is 6.42 Å². The van der Waals surface area contributed by atoms with Crippen molar-refractivity contribution in [2.24, 2.45) is 0 Å². The molecule has 0 radical (unpaired) electrons. The molecule has 4 heteroatoms. The average molecular weight is 347 g/mol. The van der Waals surface area contributed by atoms with E-state index < -0.39 is 0 Å². The lowest BCUT2D eigenvalue weighted by atomic mass is 10.1. The van der Waals surface area contributed by atoms with Gasteiger partial charge in [-0.05, 0) is 35.2 Å². The van der Waals surface area contributed by atoms with Gasteiger partial charge in [0.2, 0.25) is 5.91 Å². The summed E-state index contributed by atoms with van der Waals surface area (Å²) in [5, 5.41) is 4.83. The van der Waals surface area contributed by atoms with E-state index in [2.05, 4.69) is 5.32 Å². The molecule has 0 saturated heterocycles. The van der Waals surface area contributed by atoms with E-state index in [1.165, 1.54) is 0 Å². The Balaban J connectivity index is 1.57. The summed E-state index contributed by atoms with van der Waals surface area (Å²) < 4.78 is 0. The van der Waals surface area contributed by atoms with Crippen molar-refractivity contribution in [1.82, 2.24) is 0 Å². The summed E-state index contributed by atoms with van der Waals surface area (Å²) in [5.41, 5.74) is 2.31. The highest BCUT2D eigenvalue weighted by molar-refractivity contribution is 7.10. The van der Waals surface area contributed by atoms with Crippen molar-refractivity contribution in [3.8, 4) is 0 Å². The van der Waals surface area contributed by atoms with E-state index in [-0.39, 0.29) is 11.7 Å². The van der Waals surface area contributed by atoms with E-state index in [0.717, 1.165) is 16.1 Å². The maximum absolute atomic E-state index is 12.0. The number of amides is 1. The number of allylic oxidation sites excluding steroid dienone is 1. The zero-order valence-corrected chi connectivity index (χ0v) is 14.3. The van der Waals surface area contributed by atoms with Gasteiger partial charge in [0.15, 0.2) is 5.78 Å². The molecule has 0 spiro atoms. The molecule has 0 aliphatic rings. The van der Waals surface area contributed by atoms with Crippen molar-refractivity contribution < 1.29 is 9.59 Å². The summed E-state index contributed by atoms with van der Waals surface area (Å²) in [6.07, 6.45) is 3.71. The molecule has 1 aromatic heterocycles. The van der Waals surface area contributed by atoms with E-state index in [4.69, 9.17) is 0 Å². The van der Waals surface area contributed by atoms with Crippen molar-refractivity contribution >= 4 is 34.8 Å². The number of nitrogens with one attached hydrogen (secondary N) is 1. The molecular weight excluding hydrogens is 330 g/mol. The Hall–Kier alpha value is -2.98. The number of benzene rings is 2. The summed E-state index contributed by atoms with van der Waals surface area (Å²) in [6, 6.07) is 20.4. The van der Waals surface area contributed by atoms with Crippen LogP contribution in [0, 0.1) is 0 Å². The van der Waals surface area contributed by atoms with Gasteiger partial charge in [-0.15, -0.1) is 11.3 Å². The Kier molecular flexibility index (Phi) is 5.54. The Bertz CT molecular complexity index is 866. The fourth-order valence-corrected chi connectivity index (χ4v) is 3.03. The number of carbonyl (C=O) groups excluding carboxylic acids is 2. The minimum atomic E-state index is -0.0370. The molecule has 1 N–H and O–H groups in total. The van der Waals surface area contributed by atoms with E-state index >= 15 is 0 Å². The van der Waals surface area contributed by atoms with Crippen molar-refractivity contribution in [2.75, 3.05) is 5.32 Å². The van der Waals surface area contributed by atoms with Gasteiger partial charge in [-0.1, -0.05) is 54.6 Å². The largest absolute Gasteiger partial charge is 0.326 e. The summed E-state index contributed by atoms with van der Waals surface area (Å²) >= 11 is 1.57. The lowest BCUT2D eigenvalue weighted by Crippen LogP contribution is -2.13. The third-order valence-corrected chi connectivity index (χ3v) is 4.47. The molecule has 0 atom stereocenters. The van der Waals surface area contributed by atoms with Gasteiger partial charge in [0.1, 0.15) is 0 Å². The number of thiophene rings is 1. The molecule has 3 rings (SSSR count). The predicted octanol–water partition coefficient (Wildman–Crippen LogP) is 4.83. The van der Waals surface area contributed by atoms with E-state index in [1.807, 2.05) is 60.0 Å². The molecule has 2 aromatic carbocycles. The van der Waals surface area contributed by atoms with Crippen molar-refractivity contribution in [3.63, 3.8) is 0 Å². The van der Waals surface area contributed by atoms with E-state index in [9.17, 15) is 9.59 Å². The van der Waals surface area contributed by atoms with Gasteiger partial charge in [0.05, 0.1) is 6.42 Å². The van der Waals surface area contributed by atoms with Gasteiger partial charge in [-0.2, -0.15) is 0 Å². The first-order valence-corrected chi connectivity index (χ1v) is 8.78. The normalized spacial score (nSPS) is 10.7. The minimum Gasteiger partial charge on any atom is -0.326 e. The Labute approximate surface area is 150 Å². The molecule has 124 valence electrons. The van der Waals surface area contributed by atoms with Crippen LogP contribution in [0.2, 0.25) is 0 Å². The highest BCUT2D eigenvalue weighted by Crippen LogP contribution is 2.14. The molecule has 0 aliphatic carbocycles. The predicted molar refractivity (Wildman–Crippen MR) is 103 cm³/mol. The molecule has 0 unspecified atom stereocenters. The average Bonchev–Trinajstić information content (AvgIpc) is 3.14. The lowest BCUT2D eigenvalue weighted by molar-refractivity contribution is -0.115. The van der Waals surface area contributed by atoms with Crippen LogP contribution < -0.4 is 5.32 Å². The maximum atomic E-state index is 12.0. The fraction of sp³-hybridized carbons (Fsp3) is 0.0476. The Morgan fingerprint density at radius 2 is 1.68 bits per heavy atom. The van der Waals surface area contributed by atoms with Gasteiger partial charge < -0.3 is 5.32 Å². The number of rotatable bonds is 6. The van der Waals surface area contributed by atoms with Gasteiger partial charge in [0, 0.05) is 16.1 Å². The third kappa shape index (κ3) is 4.99. The van der Waals surface area contributed by atoms with E-state index in [1.54, 1.807) is 35.6 Å².